The Labute approximate surface area is 382 Å². The molecule has 0 fully saturated rings. The fourth-order valence-electron chi connectivity index (χ4n) is 6.02. The normalized spacial score (nSPS) is 12.6. The van der Waals surface area contributed by atoms with Crippen LogP contribution in [-0.2, 0) is 33.8 Å². The van der Waals surface area contributed by atoms with Crippen molar-refractivity contribution in [2.45, 2.75) is 124 Å². The molecule has 0 bridgehead atoms. The Morgan fingerprint density at radius 2 is 1.27 bits per heavy atom. The minimum Gasteiger partial charge on any atom is -0.376 e. The van der Waals surface area contributed by atoms with E-state index in [-0.39, 0.29) is 82.3 Å². The molecule has 4 N–H and O–H groups in total. The Hall–Kier alpha value is -5.15. The van der Waals surface area contributed by atoms with Crippen LogP contribution in [0.25, 0.3) is 0 Å². The zero-order valence-electron chi connectivity index (χ0n) is 39.8. The van der Waals surface area contributed by atoms with Gasteiger partial charge in [-0.15, -0.1) is 0 Å². The van der Waals surface area contributed by atoms with Gasteiger partial charge in [-0.05, 0) is 85.1 Å². The van der Waals surface area contributed by atoms with Gasteiger partial charge in [-0.2, -0.15) is 0 Å². The third kappa shape index (κ3) is 20.1. The van der Waals surface area contributed by atoms with Gasteiger partial charge in [0.1, 0.15) is 6.04 Å². The number of nitrogens with one attached hydrogen (secondary N) is 4. The smallest absolute Gasteiger partial charge is 0.251 e. The van der Waals surface area contributed by atoms with Crippen LogP contribution in [-0.4, -0.2) is 93.5 Å². The van der Waals surface area contributed by atoms with Crippen molar-refractivity contribution in [2.75, 3.05) is 25.4 Å². The molecule has 349 valence electrons. The van der Waals surface area contributed by atoms with Gasteiger partial charge in [-0.25, -0.2) is 8.42 Å². The predicted octanol–water partition coefficient (Wildman–Crippen LogP) is 5.73. The molecule has 0 aliphatic rings. The summed E-state index contributed by atoms with van der Waals surface area (Å²) in [7, 11) is -1.88. The van der Waals surface area contributed by atoms with E-state index in [1.54, 1.807) is 45.0 Å². The summed E-state index contributed by atoms with van der Waals surface area (Å²) in [5.41, 5.74) is 2.72. The van der Waals surface area contributed by atoms with Crippen LogP contribution in [0, 0.1) is 31.6 Å². The number of sulfone groups is 1. The van der Waals surface area contributed by atoms with Crippen molar-refractivity contribution >= 4 is 57.8 Å². The summed E-state index contributed by atoms with van der Waals surface area (Å²) in [5.74, 6) is -2.93. The molecule has 0 saturated heterocycles. The fraction of sp³-hybridized carbons (Fsp3) is 0.510. The number of benzene rings is 3. The minimum absolute atomic E-state index is 0.0156. The van der Waals surface area contributed by atoms with Crippen molar-refractivity contribution < 1.29 is 41.9 Å². The van der Waals surface area contributed by atoms with Gasteiger partial charge >= 0.3 is 0 Å². The molecule has 1 radical (unpaired) electrons. The number of aryl methyl sites for hydroxylation is 2. The van der Waals surface area contributed by atoms with Crippen molar-refractivity contribution in [1.29, 1.82) is 0 Å². The van der Waals surface area contributed by atoms with Crippen LogP contribution in [0.5, 0.6) is 0 Å². The van der Waals surface area contributed by atoms with Crippen molar-refractivity contribution in [2.24, 2.45) is 17.8 Å². The van der Waals surface area contributed by atoms with E-state index in [0.29, 0.717) is 25.0 Å². The Kier molecular flexibility index (Phi) is 21.8. The first-order valence-electron chi connectivity index (χ1n) is 21.9. The number of Topliss-reactive ketones (excluding diaryl/α,β-unsaturated/α-hetero) is 2. The maximum atomic E-state index is 13.7. The molecule has 2 atom stereocenters. The number of carbonyl (C=O) groups excluding carboxylic acids is 6. The maximum absolute atomic E-state index is 13.7. The molecule has 13 nitrogen and oxygen atoms in total. The summed E-state index contributed by atoms with van der Waals surface area (Å²) < 4.78 is 32.4. The highest BCUT2D eigenvalue weighted by atomic mass is 32.2. The highest BCUT2D eigenvalue weighted by molar-refractivity contribution is 7.91. The topological polar surface area (TPSA) is 194 Å². The van der Waals surface area contributed by atoms with Crippen molar-refractivity contribution in [3.63, 3.8) is 0 Å². The van der Waals surface area contributed by atoms with E-state index in [1.807, 2.05) is 93.9 Å². The van der Waals surface area contributed by atoms with Crippen LogP contribution in [0.15, 0.2) is 77.7 Å². The van der Waals surface area contributed by atoms with Crippen LogP contribution in [0.1, 0.15) is 114 Å². The lowest BCUT2D eigenvalue weighted by atomic mass is 9.63. The molecular formula is C49H70BN4O9S. The number of amides is 4. The zero-order valence-corrected chi connectivity index (χ0v) is 40.7. The second-order valence-corrected chi connectivity index (χ2v) is 20.4. The predicted molar refractivity (Wildman–Crippen MR) is 254 cm³/mol. The van der Waals surface area contributed by atoms with Crippen LogP contribution < -0.4 is 26.7 Å². The van der Waals surface area contributed by atoms with E-state index >= 15 is 0 Å². The van der Waals surface area contributed by atoms with Crippen LogP contribution in [0.2, 0.25) is 6.32 Å². The lowest BCUT2D eigenvalue weighted by Gasteiger charge is -2.28. The highest BCUT2D eigenvalue weighted by Crippen LogP contribution is 2.22. The fourth-order valence-corrected chi connectivity index (χ4v) is 7.58. The third-order valence-electron chi connectivity index (χ3n) is 10.1. The molecule has 0 spiro atoms. The van der Waals surface area contributed by atoms with Gasteiger partial charge in [-0.1, -0.05) is 106 Å². The number of carbonyl (C=O) groups is 6. The number of rotatable bonds is 22. The van der Waals surface area contributed by atoms with E-state index in [2.05, 4.69) is 21.3 Å². The van der Waals surface area contributed by atoms with Crippen LogP contribution in [0.3, 0.4) is 0 Å². The SMILES string of the molecule is CCC(=O)NC(C(=O)NCC(=O)C(C)C)C(C)C.Cc1ccc([B]CC(CS(=O)(=O)c2ccc(C)cc2)C(=O)c2ccc(C(=O)NCC(=O)NC(C)(C)CCOC(C)(C)C)cc2)cc1. The highest BCUT2D eigenvalue weighted by Gasteiger charge is 2.29. The van der Waals surface area contributed by atoms with E-state index in [4.69, 9.17) is 4.74 Å². The molecule has 3 rings (SSSR count). The number of ether oxygens (including phenoxy) is 1. The number of ketones is 2. The first-order chi connectivity index (χ1) is 29.7. The standard InChI is InChI=1S/C36H46BN2O6S.C13H24N2O3/c1-25-8-16-30(17-9-25)37-22-29(24-46(43,44)31-18-10-26(2)11-19-31)33(41)27-12-14-28(15-13-27)34(42)38-23-32(40)39-36(6,7)20-21-45-35(3,4)5;1-6-11(17)15-12(9(4)5)13(18)14-7-10(16)8(2)3/h8-19,29H,20-24H2,1-7H3,(H,38,42)(H,39,40);8-9,12H,6-7H2,1-5H3,(H,14,18)(H,15,17). The molecule has 0 aliphatic heterocycles. The molecule has 2 unspecified atom stereocenters. The molecule has 4 amide bonds. The van der Waals surface area contributed by atoms with Gasteiger partial charge < -0.3 is 26.0 Å². The average Bonchev–Trinajstić information content (AvgIpc) is 3.22. The summed E-state index contributed by atoms with van der Waals surface area (Å²) in [6, 6.07) is 19.8. The summed E-state index contributed by atoms with van der Waals surface area (Å²) >= 11 is 0. The van der Waals surface area contributed by atoms with Gasteiger partial charge in [0, 0.05) is 41.5 Å². The van der Waals surface area contributed by atoms with E-state index in [9.17, 15) is 37.2 Å². The first-order valence-corrected chi connectivity index (χ1v) is 23.5. The Balaban J connectivity index is 0.000000658. The lowest BCUT2D eigenvalue weighted by Crippen LogP contribution is -2.50. The van der Waals surface area contributed by atoms with Gasteiger partial charge in [-0.3, -0.25) is 28.8 Å². The molecule has 0 aromatic heterocycles. The largest absolute Gasteiger partial charge is 0.376 e. The second-order valence-electron chi connectivity index (χ2n) is 18.4. The van der Waals surface area contributed by atoms with Gasteiger partial charge in [0.05, 0.1) is 29.3 Å². The van der Waals surface area contributed by atoms with Crippen molar-refractivity contribution in [3.8, 4) is 0 Å². The second kappa shape index (κ2) is 25.4. The van der Waals surface area contributed by atoms with Gasteiger partial charge in [0.2, 0.25) is 17.7 Å². The molecule has 0 heterocycles. The monoisotopic (exact) mass is 901 g/mol. The van der Waals surface area contributed by atoms with Crippen molar-refractivity contribution in [3.05, 3.63) is 95.1 Å². The molecule has 0 saturated carbocycles. The molecule has 3 aromatic rings. The molecule has 15 heteroatoms. The van der Waals surface area contributed by atoms with Crippen LogP contribution >= 0.6 is 0 Å². The Bertz CT molecular complexity index is 2130. The Morgan fingerprint density at radius 1 is 0.719 bits per heavy atom. The van der Waals surface area contributed by atoms with E-state index in [1.165, 1.54) is 24.3 Å². The number of hydrogen-bond acceptors (Lipinski definition) is 9. The zero-order chi connectivity index (χ0) is 48.4. The third-order valence-corrected chi connectivity index (χ3v) is 12.0. The first kappa shape index (κ1) is 55.0. The molecule has 0 aliphatic carbocycles. The quantitative estimate of drug-likeness (QED) is 0.0720. The summed E-state index contributed by atoms with van der Waals surface area (Å²) in [5, 5.41) is 10.8. The Morgan fingerprint density at radius 3 is 1.78 bits per heavy atom. The van der Waals surface area contributed by atoms with E-state index in [0.717, 1.165) is 16.6 Å². The van der Waals surface area contributed by atoms with Gasteiger partial charge in [0.15, 0.2) is 28.7 Å². The summed E-state index contributed by atoms with van der Waals surface area (Å²) in [4.78, 5) is 73.8. The molecule has 3 aromatic carbocycles. The van der Waals surface area contributed by atoms with Crippen LogP contribution in [0.4, 0.5) is 0 Å². The minimum atomic E-state index is -3.75. The summed E-state index contributed by atoms with van der Waals surface area (Å²) in [6.07, 6.45) is 1.17. The van der Waals surface area contributed by atoms with E-state index < -0.39 is 33.2 Å². The summed E-state index contributed by atoms with van der Waals surface area (Å²) in [6.45, 7) is 22.8. The molecular weight excluding hydrogens is 831 g/mol. The number of hydrogen-bond donors (Lipinski definition) is 4. The maximum Gasteiger partial charge on any atom is 0.251 e. The average molecular weight is 902 g/mol. The lowest BCUT2D eigenvalue weighted by molar-refractivity contribution is -0.131. The molecule has 64 heavy (non-hydrogen) atoms. The van der Waals surface area contributed by atoms with Crippen molar-refractivity contribution in [1.82, 2.24) is 21.3 Å². The van der Waals surface area contributed by atoms with Gasteiger partial charge in [0.25, 0.3) is 5.91 Å².